The van der Waals surface area contributed by atoms with E-state index in [1.165, 1.54) is 18.4 Å². The van der Waals surface area contributed by atoms with Crippen molar-refractivity contribution in [1.82, 2.24) is 0 Å². The molecule has 0 saturated carbocycles. The number of halogens is 1. The topological polar surface area (TPSA) is 79.4 Å². The summed E-state index contributed by atoms with van der Waals surface area (Å²) in [5.41, 5.74) is 2.26. The fourth-order valence-corrected chi connectivity index (χ4v) is 5.26. The first-order valence-electron chi connectivity index (χ1n) is 11.0. The highest BCUT2D eigenvalue weighted by Crippen LogP contribution is 2.34. The molecule has 1 saturated heterocycles. The molecular weight excluding hydrogens is 490 g/mol. The molecule has 0 aliphatic carbocycles. The summed E-state index contributed by atoms with van der Waals surface area (Å²) in [6.07, 6.45) is 0.170. The highest BCUT2D eigenvalue weighted by molar-refractivity contribution is 7.16. The zero-order valence-electron chi connectivity index (χ0n) is 18.9. The molecular formula is C25H22ClN3O5S. The number of rotatable bonds is 5. The molecule has 0 unspecified atom stereocenters. The molecule has 1 fully saturated rings. The van der Waals surface area contributed by atoms with Gasteiger partial charge in [0, 0.05) is 22.8 Å². The maximum absolute atomic E-state index is 13.5. The normalized spacial score (nSPS) is 15.9. The number of thiophene rings is 1. The summed E-state index contributed by atoms with van der Waals surface area (Å²) in [4.78, 5) is 44.7. The molecule has 3 heterocycles. The predicted molar refractivity (Wildman–Crippen MR) is 135 cm³/mol. The monoisotopic (exact) mass is 511 g/mol. The molecule has 3 amide bonds. The molecule has 10 heteroatoms. The van der Waals surface area contributed by atoms with E-state index >= 15 is 0 Å². The molecule has 2 aliphatic rings. The fourth-order valence-electron chi connectivity index (χ4n) is 4.18. The van der Waals surface area contributed by atoms with Crippen molar-refractivity contribution in [2.45, 2.75) is 6.42 Å². The van der Waals surface area contributed by atoms with Gasteiger partial charge in [-0.05, 0) is 54.6 Å². The first kappa shape index (κ1) is 23.3. The first-order valence-corrected chi connectivity index (χ1v) is 12.2. The predicted octanol–water partition coefficient (Wildman–Crippen LogP) is 3.97. The third-order valence-electron chi connectivity index (χ3n) is 5.97. The molecule has 3 aromatic rings. The average Bonchev–Trinajstić information content (AvgIpc) is 3.29. The van der Waals surface area contributed by atoms with Crippen molar-refractivity contribution >= 4 is 57.7 Å². The van der Waals surface area contributed by atoms with E-state index < -0.39 is 0 Å². The number of nitrogens with zero attached hydrogens (tertiary/aromatic N) is 3. The summed E-state index contributed by atoms with van der Waals surface area (Å²) < 4.78 is 11.1. The van der Waals surface area contributed by atoms with E-state index in [2.05, 4.69) is 0 Å². The first-order chi connectivity index (χ1) is 16.9. The highest BCUT2D eigenvalue weighted by atomic mass is 35.5. The van der Waals surface area contributed by atoms with E-state index in [1.807, 2.05) is 6.07 Å². The Kier molecular flexibility index (Phi) is 6.46. The molecule has 35 heavy (non-hydrogen) atoms. The second-order valence-electron chi connectivity index (χ2n) is 8.08. The van der Waals surface area contributed by atoms with Gasteiger partial charge in [-0.1, -0.05) is 11.6 Å². The minimum atomic E-state index is -0.239. The third-order valence-corrected chi connectivity index (χ3v) is 7.20. The lowest BCUT2D eigenvalue weighted by Crippen LogP contribution is -2.50. The number of fused-ring (bicyclic) bond motifs is 1. The maximum atomic E-state index is 13.5. The average molecular weight is 512 g/mol. The van der Waals surface area contributed by atoms with Gasteiger partial charge in [0.15, 0.2) is 0 Å². The lowest BCUT2D eigenvalue weighted by molar-refractivity contribution is -0.125. The molecule has 0 spiro atoms. The van der Waals surface area contributed by atoms with Crippen LogP contribution in [0.5, 0.6) is 5.75 Å². The molecule has 1 aromatic heterocycles. The Morgan fingerprint density at radius 3 is 2.46 bits per heavy atom. The third kappa shape index (κ3) is 4.62. The minimum absolute atomic E-state index is 0.0531. The molecule has 180 valence electrons. The number of methoxy groups -OCH3 is 1. The Morgan fingerprint density at radius 1 is 1.06 bits per heavy atom. The summed E-state index contributed by atoms with van der Waals surface area (Å²) in [7, 11) is 1.53. The largest absolute Gasteiger partial charge is 0.497 e. The van der Waals surface area contributed by atoms with Crippen LogP contribution in [0.15, 0.2) is 54.6 Å². The number of hydrogen-bond acceptors (Lipinski definition) is 6. The van der Waals surface area contributed by atoms with Crippen LogP contribution in [-0.2, 0) is 20.7 Å². The maximum Gasteiger partial charge on any atom is 0.262 e. The van der Waals surface area contributed by atoms with Crippen molar-refractivity contribution in [3.05, 3.63) is 69.4 Å². The van der Waals surface area contributed by atoms with Crippen molar-refractivity contribution in [2.75, 3.05) is 48.2 Å². The van der Waals surface area contributed by atoms with Gasteiger partial charge in [0.05, 0.1) is 35.7 Å². The van der Waals surface area contributed by atoms with Gasteiger partial charge >= 0.3 is 0 Å². The van der Waals surface area contributed by atoms with E-state index in [4.69, 9.17) is 21.1 Å². The quantitative estimate of drug-likeness (QED) is 0.518. The zero-order chi connectivity index (χ0) is 24.5. The van der Waals surface area contributed by atoms with E-state index in [1.54, 1.807) is 63.2 Å². The van der Waals surface area contributed by atoms with E-state index in [-0.39, 0.29) is 37.4 Å². The van der Waals surface area contributed by atoms with Gasteiger partial charge in [-0.25, -0.2) is 0 Å². The van der Waals surface area contributed by atoms with Crippen LogP contribution >= 0.6 is 22.9 Å². The van der Waals surface area contributed by atoms with Crippen LogP contribution in [0.25, 0.3) is 0 Å². The Bertz CT molecular complexity index is 1290. The van der Waals surface area contributed by atoms with Crippen LogP contribution in [0.1, 0.15) is 15.2 Å². The smallest absolute Gasteiger partial charge is 0.262 e. The number of hydrogen-bond donors (Lipinski definition) is 0. The number of amides is 3. The van der Waals surface area contributed by atoms with Crippen LogP contribution in [0.2, 0.25) is 4.34 Å². The standard InChI is InChI=1S/C25H22ClN3O5S/c1-33-18-6-8-21-20(12-18)25(32)28(15-29(21)23(30)13-19-7-9-22(26)35-19)17-4-2-16(3-5-17)27-10-11-34-14-24(27)31/h2-9,12H,10-11,13-15H2,1H3. The molecule has 5 rings (SSSR count). The van der Waals surface area contributed by atoms with Gasteiger partial charge in [0.2, 0.25) is 5.91 Å². The second-order valence-corrected chi connectivity index (χ2v) is 9.88. The van der Waals surface area contributed by atoms with Crippen molar-refractivity contribution in [3.63, 3.8) is 0 Å². The summed E-state index contributed by atoms with van der Waals surface area (Å²) in [5, 5.41) is 0. The number of benzene rings is 2. The van der Waals surface area contributed by atoms with Crippen LogP contribution in [-0.4, -0.2) is 51.3 Å². The molecule has 2 aliphatic heterocycles. The van der Waals surface area contributed by atoms with Gasteiger partial charge in [-0.15, -0.1) is 11.3 Å². The highest BCUT2D eigenvalue weighted by Gasteiger charge is 2.34. The van der Waals surface area contributed by atoms with Crippen LogP contribution in [0.4, 0.5) is 17.1 Å². The molecule has 0 radical (unpaired) electrons. The lowest BCUT2D eigenvalue weighted by atomic mass is 10.1. The van der Waals surface area contributed by atoms with Gasteiger partial charge < -0.3 is 14.4 Å². The molecule has 0 N–H and O–H groups in total. The Labute approximate surface area is 211 Å². The van der Waals surface area contributed by atoms with E-state index in [9.17, 15) is 14.4 Å². The molecule has 2 aromatic carbocycles. The summed E-state index contributed by atoms with van der Waals surface area (Å²) in [5.74, 6) is 0.0300. The van der Waals surface area contributed by atoms with E-state index in [0.717, 1.165) is 10.6 Å². The zero-order valence-corrected chi connectivity index (χ0v) is 20.5. The summed E-state index contributed by atoms with van der Waals surface area (Å²) in [6, 6.07) is 15.9. The number of anilines is 3. The number of carbonyl (C=O) groups excluding carboxylic acids is 3. The SMILES string of the molecule is COc1ccc2c(c1)C(=O)N(c1ccc(N3CCOCC3=O)cc1)CN2C(=O)Cc1ccc(Cl)s1. The lowest BCUT2D eigenvalue weighted by Gasteiger charge is -2.37. The Balaban J connectivity index is 1.46. The van der Waals surface area contributed by atoms with Crippen LogP contribution in [0.3, 0.4) is 0 Å². The second kappa shape index (κ2) is 9.69. The Morgan fingerprint density at radius 2 is 1.80 bits per heavy atom. The minimum Gasteiger partial charge on any atom is -0.497 e. The number of ether oxygens (including phenoxy) is 2. The number of carbonyl (C=O) groups is 3. The van der Waals surface area contributed by atoms with Crippen LogP contribution in [0, 0.1) is 0 Å². The van der Waals surface area contributed by atoms with Crippen molar-refractivity contribution in [1.29, 1.82) is 0 Å². The van der Waals surface area contributed by atoms with Crippen LogP contribution < -0.4 is 19.4 Å². The summed E-state index contributed by atoms with van der Waals surface area (Å²) >= 11 is 7.40. The van der Waals surface area contributed by atoms with Gasteiger partial charge in [0.1, 0.15) is 19.0 Å². The Hall–Kier alpha value is -3.40. The fraction of sp³-hybridized carbons (Fsp3) is 0.240. The van der Waals surface area contributed by atoms with Gasteiger partial charge in [0.25, 0.3) is 11.8 Å². The molecule has 0 bridgehead atoms. The molecule has 0 atom stereocenters. The number of morpholine rings is 1. The molecule has 8 nitrogen and oxygen atoms in total. The van der Waals surface area contributed by atoms with E-state index in [0.29, 0.717) is 40.2 Å². The van der Waals surface area contributed by atoms with Crippen molar-refractivity contribution < 1.29 is 23.9 Å². The van der Waals surface area contributed by atoms with Gasteiger partial charge in [-0.2, -0.15) is 0 Å². The van der Waals surface area contributed by atoms with Crippen molar-refractivity contribution in [2.24, 2.45) is 0 Å². The summed E-state index contributed by atoms with van der Waals surface area (Å²) in [6.45, 7) is 1.07. The van der Waals surface area contributed by atoms with Crippen molar-refractivity contribution in [3.8, 4) is 5.75 Å². The van der Waals surface area contributed by atoms with Gasteiger partial charge in [-0.3, -0.25) is 24.2 Å².